The van der Waals surface area contributed by atoms with Crippen molar-refractivity contribution in [2.75, 3.05) is 26.7 Å². The van der Waals surface area contributed by atoms with Crippen LogP contribution in [-0.4, -0.2) is 43.7 Å². The summed E-state index contributed by atoms with van der Waals surface area (Å²) in [6, 6.07) is 9.62. The third kappa shape index (κ3) is 4.72. The van der Waals surface area contributed by atoms with Crippen molar-refractivity contribution in [2.24, 2.45) is 5.92 Å². The molecule has 0 aliphatic carbocycles. The second kappa shape index (κ2) is 7.81. The number of ether oxygens (including phenoxy) is 1. The number of hydrogen-bond donors (Lipinski definition) is 1. The number of hydrogen-bond acceptors (Lipinski definition) is 3. The van der Waals surface area contributed by atoms with E-state index < -0.39 is 0 Å². The molecular weight excluding hydrogens is 260 g/mol. The highest BCUT2D eigenvalue weighted by Gasteiger charge is 2.25. The van der Waals surface area contributed by atoms with Gasteiger partial charge in [-0.15, -0.1) is 0 Å². The third-order valence-corrected chi connectivity index (χ3v) is 4.40. The van der Waals surface area contributed by atoms with Gasteiger partial charge in [-0.3, -0.25) is 4.90 Å². The fourth-order valence-corrected chi connectivity index (χ4v) is 3.21. The van der Waals surface area contributed by atoms with Crippen LogP contribution >= 0.6 is 0 Å². The molecular formula is C18H30N2O. The van der Waals surface area contributed by atoms with Crippen LogP contribution in [0.5, 0.6) is 5.75 Å². The molecule has 118 valence electrons. The van der Waals surface area contributed by atoms with Crippen LogP contribution < -0.4 is 10.1 Å². The van der Waals surface area contributed by atoms with Crippen molar-refractivity contribution in [3.63, 3.8) is 0 Å². The molecule has 3 nitrogen and oxygen atoms in total. The second-order valence-corrected chi connectivity index (χ2v) is 6.64. The maximum Gasteiger partial charge on any atom is 0.122 e. The van der Waals surface area contributed by atoms with Crippen LogP contribution in [0.2, 0.25) is 0 Å². The van der Waals surface area contributed by atoms with E-state index in [0.29, 0.717) is 12.1 Å². The highest BCUT2D eigenvalue weighted by atomic mass is 16.5. The number of piperazine rings is 1. The van der Waals surface area contributed by atoms with Gasteiger partial charge in [0, 0.05) is 31.7 Å². The first-order valence-electron chi connectivity index (χ1n) is 8.19. The summed E-state index contributed by atoms with van der Waals surface area (Å²) in [5.74, 6) is 1.77. The Balaban J connectivity index is 1.91. The van der Waals surface area contributed by atoms with Crippen molar-refractivity contribution < 1.29 is 4.74 Å². The molecule has 0 aromatic heterocycles. The molecule has 2 rings (SSSR count). The van der Waals surface area contributed by atoms with Crippen molar-refractivity contribution in [3.05, 3.63) is 29.8 Å². The van der Waals surface area contributed by atoms with Crippen molar-refractivity contribution in [1.29, 1.82) is 0 Å². The van der Waals surface area contributed by atoms with Crippen LogP contribution in [0.1, 0.15) is 32.8 Å². The minimum atomic E-state index is 0.614. The predicted molar refractivity (Wildman–Crippen MR) is 89.0 cm³/mol. The van der Waals surface area contributed by atoms with E-state index in [0.717, 1.165) is 37.7 Å². The van der Waals surface area contributed by atoms with Gasteiger partial charge in [-0.1, -0.05) is 32.0 Å². The van der Waals surface area contributed by atoms with Crippen LogP contribution in [0, 0.1) is 5.92 Å². The maximum atomic E-state index is 5.45. The van der Waals surface area contributed by atoms with E-state index in [4.69, 9.17) is 4.74 Å². The lowest BCUT2D eigenvalue weighted by atomic mass is 9.99. The molecule has 2 atom stereocenters. The molecule has 1 saturated heterocycles. The Kier molecular flexibility index (Phi) is 6.07. The second-order valence-electron chi connectivity index (χ2n) is 6.64. The number of nitrogens with one attached hydrogen (secondary N) is 1. The Labute approximate surface area is 129 Å². The van der Waals surface area contributed by atoms with Crippen molar-refractivity contribution in [2.45, 2.75) is 45.7 Å². The van der Waals surface area contributed by atoms with Crippen molar-refractivity contribution in [1.82, 2.24) is 10.2 Å². The fourth-order valence-electron chi connectivity index (χ4n) is 3.21. The summed E-state index contributed by atoms with van der Waals surface area (Å²) in [5.41, 5.74) is 1.31. The average Bonchev–Trinajstić information content (AvgIpc) is 2.47. The van der Waals surface area contributed by atoms with Crippen LogP contribution in [0.3, 0.4) is 0 Å². The van der Waals surface area contributed by atoms with Gasteiger partial charge in [-0.25, -0.2) is 0 Å². The first-order valence-corrected chi connectivity index (χ1v) is 8.19. The number of para-hydroxylation sites is 1. The topological polar surface area (TPSA) is 24.5 Å². The normalized spacial score (nSPS) is 23.5. The lowest BCUT2D eigenvalue weighted by Gasteiger charge is -2.39. The van der Waals surface area contributed by atoms with Gasteiger partial charge in [0.25, 0.3) is 0 Å². The van der Waals surface area contributed by atoms with E-state index in [1.807, 2.05) is 6.07 Å². The fraction of sp³-hybridized carbons (Fsp3) is 0.667. The van der Waals surface area contributed by atoms with E-state index in [9.17, 15) is 0 Å². The van der Waals surface area contributed by atoms with E-state index >= 15 is 0 Å². The summed E-state index contributed by atoms with van der Waals surface area (Å²) in [6.45, 7) is 10.3. The Morgan fingerprint density at radius 1 is 1.33 bits per heavy atom. The zero-order valence-corrected chi connectivity index (χ0v) is 13.9. The van der Waals surface area contributed by atoms with Crippen LogP contribution in [-0.2, 0) is 6.42 Å². The smallest absolute Gasteiger partial charge is 0.122 e. The van der Waals surface area contributed by atoms with E-state index in [2.05, 4.69) is 49.2 Å². The minimum Gasteiger partial charge on any atom is -0.496 e. The van der Waals surface area contributed by atoms with E-state index in [1.165, 1.54) is 12.0 Å². The molecule has 1 aliphatic heterocycles. The van der Waals surface area contributed by atoms with Crippen molar-refractivity contribution >= 4 is 0 Å². The Morgan fingerprint density at radius 2 is 2.10 bits per heavy atom. The summed E-state index contributed by atoms with van der Waals surface area (Å²) in [4.78, 5) is 2.62. The third-order valence-electron chi connectivity index (χ3n) is 4.40. The van der Waals surface area contributed by atoms with Crippen LogP contribution in [0.25, 0.3) is 0 Å². The van der Waals surface area contributed by atoms with Gasteiger partial charge < -0.3 is 10.1 Å². The molecule has 3 heteroatoms. The maximum absolute atomic E-state index is 5.45. The lowest BCUT2D eigenvalue weighted by molar-refractivity contribution is 0.133. The minimum absolute atomic E-state index is 0.614. The molecule has 1 N–H and O–H groups in total. The number of nitrogens with zero attached hydrogens (tertiary/aromatic N) is 1. The van der Waals surface area contributed by atoms with Gasteiger partial charge in [0.15, 0.2) is 0 Å². The molecule has 2 unspecified atom stereocenters. The molecule has 0 amide bonds. The van der Waals surface area contributed by atoms with E-state index in [1.54, 1.807) is 7.11 Å². The van der Waals surface area contributed by atoms with Gasteiger partial charge in [0.2, 0.25) is 0 Å². The average molecular weight is 290 g/mol. The molecule has 1 aromatic rings. The first-order chi connectivity index (χ1) is 10.1. The largest absolute Gasteiger partial charge is 0.496 e. The van der Waals surface area contributed by atoms with Gasteiger partial charge in [0.1, 0.15) is 5.75 Å². The van der Waals surface area contributed by atoms with Gasteiger partial charge in [0.05, 0.1) is 7.11 Å². The molecule has 1 aliphatic rings. The Morgan fingerprint density at radius 3 is 2.81 bits per heavy atom. The zero-order valence-electron chi connectivity index (χ0n) is 13.9. The standard InChI is InChI=1S/C18H30N2O/c1-14(2)11-17-13-20(15(3)12-19-17)10-9-16-7-5-6-8-18(16)21-4/h5-8,14-15,17,19H,9-13H2,1-4H3. The summed E-state index contributed by atoms with van der Waals surface area (Å²) in [6.07, 6.45) is 2.32. The predicted octanol–water partition coefficient (Wildman–Crippen LogP) is 2.95. The lowest BCUT2D eigenvalue weighted by Crippen LogP contribution is -2.56. The first kappa shape index (κ1) is 16.3. The highest BCUT2D eigenvalue weighted by molar-refractivity contribution is 5.33. The summed E-state index contributed by atoms with van der Waals surface area (Å²) < 4.78 is 5.45. The van der Waals surface area contributed by atoms with Crippen LogP contribution in [0.15, 0.2) is 24.3 Å². The molecule has 1 aromatic carbocycles. The molecule has 1 heterocycles. The number of benzene rings is 1. The monoisotopic (exact) mass is 290 g/mol. The van der Waals surface area contributed by atoms with E-state index in [-0.39, 0.29) is 0 Å². The van der Waals surface area contributed by atoms with Crippen LogP contribution in [0.4, 0.5) is 0 Å². The van der Waals surface area contributed by atoms with Gasteiger partial charge >= 0.3 is 0 Å². The molecule has 0 bridgehead atoms. The zero-order chi connectivity index (χ0) is 15.2. The molecule has 0 spiro atoms. The highest BCUT2D eigenvalue weighted by Crippen LogP contribution is 2.19. The SMILES string of the molecule is COc1ccccc1CCN1CC(CC(C)C)NCC1C. The summed E-state index contributed by atoms with van der Waals surface area (Å²) >= 11 is 0. The summed E-state index contributed by atoms with van der Waals surface area (Å²) in [7, 11) is 1.75. The Bertz CT molecular complexity index is 433. The van der Waals surface area contributed by atoms with Crippen molar-refractivity contribution in [3.8, 4) is 5.75 Å². The van der Waals surface area contributed by atoms with Gasteiger partial charge in [-0.2, -0.15) is 0 Å². The van der Waals surface area contributed by atoms with Gasteiger partial charge in [-0.05, 0) is 37.3 Å². The number of methoxy groups -OCH3 is 1. The molecule has 1 fully saturated rings. The summed E-state index contributed by atoms with van der Waals surface area (Å²) in [5, 5.41) is 3.68. The molecule has 21 heavy (non-hydrogen) atoms. The quantitative estimate of drug-likeness (QED) is 0.872. The molecule has 0 saturated carbocycles. The number of rotatable bonds is 6. The molecule has 0 radical (unpaired) electrons. The Hall–Kier alpha value is -1.06.